The maximum Gasteiger partial charge on any atom is 0.141 e. The van der Waals surface area contributed by atoms with Crippen molar-refractivity contribution in [3.63, 3.8) is 0 Å². The maximum absolute atomic E-state index is 11.0. The van der Waals surface area contributed by atoms with E-state index in [1.165, 1.54) is 0 Å². The summed E-state index contributed by atoms with van der Waals surface area (Å²) in [5.41, 5.74) is 0. The molecule has 18 radical (unpaired) electrons. The molecule has 0 heterocycles. The van der Waals surface area contributed by atoms with E-state index in [-0.39, 0.29) is 28.6 Å². The second-order valence-electron chi connectivity index (χ2n) is 4.10. The van der Waals surface area contributed by atoms with Crippen LogP contribution in [0.3, 0.4) is 0 Å². The van der Waals surface area contributed by atoms with Gasteiger partial charge in [0.05, 0.1) is 11.8 Å². The van der Waals surface area contributed by atoms with Gasteiger partial charge in [-0.05, 0) is 12.8 Å². The largest absolute Gasteiger partial charge is 0.299 e. The molecule has 21 heavy (non-hydrogen) atoms. The van der Waals surface area contributed by atoms with Gasteiger partial charge in [-0.1, -0.05) is 13.8 Å². The van der Waals surface area contributed by atoms with Gasteiger partial charge in [-0.25, -0.2) is 0 Å². The molecule has 0 unspecified atom stereocenters. The number of rotatable bonds is 6. The molecule has 0 N–H and O–H groups in total. The molecule has 2 saturated carbocycles. The van der Waals surface area contributed by atoms with Crippen molar-refractivity contribution >= 4 is 11.6 Å². The van der Waals surface area contributed by atoms with Gasteiger partial charge in [-0.2, -0.15) is 0 Å². The van der Waals surface area contributed by atoms with Gasteiger partial charge in [0, 0.05) is 81.3 Å². The van der Waals surface area contributed by atoms with Gasteiger partial charge in [-0.15, -0.1) is 0 Å². The minimum atomic E-state index is 0. The SMILES string of the molecule is CCCC(=O)[C]1[C][C][C][C]1.CCCC(=O)[C]1[C][C][C][C]1.[Fe]. The second-order valence-corrected chi connectivity index (χ2v) is 4.10. The Morgan fingerprint density at radius 2 is 1.00 bits per heavy atom. The Bertz CT molecular complexity index is 260. The van der Waals surface area contributed by atoms with Crippen LogP contribution >= 0.6 is 0 Å². The predicted molar refractivity (Wildman–Crippen MR) is 72.3 cm³/mol. The van der Waals surface area contributed by atoms with Crippen molar-refractivity contribution in [2.75, 3.05) is 0 Å². The average Bonchev–Trinajstić information content (AvgIpc) is 3.14. The molecule has 2 aliphatic rings. The molecule has 0 aliphatic heterocycles. The Balaban J connectivity index is 0.000000364. The first-order valence-electron chi connectivity index (χ1n) is 6.53. The molecule has 0 bridgehead atoms. The first-order chi connectivity index (χ1) is 9.69. The van der Waals surface area contributed by atoms with Crippen molar-refractivity contribution < 1.29 is 26.7 Å². The van der Waals surface area contributed by atoms with Gasteiger partial charge in [-0.3, -0.25) is 9.59 Å². The summed E-state index contributed by atoms with van der Waals surface area (Å²) >= 11 is 0. The fraction of sp³-hybridized carbons (Fsp3) is 0.333. The Hall–Kier alpha value is -0.141. The fourth-order valence-corrected chi connectivity index (χ4v) is 1.42. The third-order valence-electron chi connectivity index (χ3n) is 2.39. The fourth-order valence-electron chi connectivity index (χ4n) is 1.42. The minimum Gasteiger partial charge on any atom is -0.299 e. The van der Waals surface area contributed by atoms with Crippen molar-refractivity contribution in [2.45, 2.75) is 39.5 Å². The molecule has 0 aromatic rings. The number of carbonyl (C=O) groups excluding carboxylic acids is 2. The maximum atomic E-state index is 11.0. The predicted octanol–water partition coefficient (Wildman–Crippen LogP) is 2.54. The second kappa shape index (κ2) is 12.4. The third kappa shape index (κ3) is 8.16. The van der Waals surface area contributed by atoms with Crippen molar-refractivity contribution in [1.82, 2.24) is 0 Å². The van der Waals surface area contributed by atoms with Crippen LogP contribution in [0.2, 0.25) is 0 Å². The van der Waals surface area contributed by atoms with Crippen LogP contribution in [0.4, 0.5) is 0 Å². The summed E-state index contributed by atoms with van der Waals surface area (Å²) in [6, 6.07) is 0. The van der Waals surface area contributed by atoms with Gasteiger partial charge >= 0.3 is 0 Å². The Labute approximate surface area is 141 Å². The summed E-state index contributed by atoms with van der Waals surface area (Å²) in [5.74, 6) is 1.14. The van der Waals surface area contributed by atoms with Crippen LogP contribution in [0.5, 0.6) is 0 Å². The van der Waals surface area contributed by atoms with Crippen LogP contribution in [0.25, 0.3) is 0 Å². The number of carbonyl (C=O) groups is 2. The molecule has 3 heteroatoms. The summed E-state index contributed by atoms with van der Waals surface area (Å²) in [6.45, 7) is 3.93. The Morgan fingerprint density at radius 3 is 1.24 bits per heavy atom. The first-order valence-corrected chi connectivity index (χ1v) is 6.53. The molecule has 2 nitrogen and oxygen atoms in total. The van der Waals surface area contributed by atoms with Gasteiger partial charge < -0.3 is 0 Å². The molecule has 0 aromatic heterocycles. The van der Waals surface area contributed by atoms with E-state index in [2.05, 4.69) is 51.4 Å². The summed E-state index contributed by atoms with van der Waals surface area (Å²) in [7, 11) is 0. The monoisotopic (exact) mass is 318 g/mol. The molecular formula is C18H14FeO2. The van der Waals surface area contributed by atoms with E-state index in [1.807, 2.05) is 13.8 Å². The molecule has 0 spiro atoms. The molecule has 0 atom stereocenters. The zero-order valence-corrected chi connectivity index (χ0v) is 13.1. The Kier molecular flexibility index (Phi) is 12.3. The molecule has 2 rings (SSSR count). The number of Topliss-reactive ketones (excluding diaryl/α,β-unsaturated/α-hetero) is 2. The van der Waals surface area contributed by atoms with Crippen molar-refractivity contribution in [3.05, 3.63) is 63.2 Å². The van der Waals surface area contributed by atoms with E-state index in [9.17, 15) is 9.59 Å². The first kappa shape index (κ1) is 20.9. The number of ketones is 2. The van der Waals surface area contributed by atoms with Crippen molar-refractivity contribution in [3.8, 4) is 0 Å². The minimum absolute atomic E-state index is 0. The average molecular weight is 318 g/mol. The van der Waals surface area contributed by atoms with Gasteiger partial charge in [0.2, 0.25) is 0 Å². The molecule has 106 valence electrons. The molecular weight excluding hydrogens is 304 g/mol. The molecule has 0 aromatic carbocycles. The Morgan fingerprint density at radius 1 is 0.714 bits per heavy atom. The van der Waals surface area contributed by atoms with E-state index in [4.69, 9.17) is 0 Å². The van der Waals surface area contributed by atoms with Gasteiger partial charge in [0.1, 0.15) is 11.6 Å². The molecule has 2 fully saturated rings. The number of hydrogen-bond donors (Lipinski definition) is 0. The summed E-state index contributed by atoms with van der Waals surface area (Å²) in [6.07, 6.45) is 23.6. The zero-order chi connectivity index (χ0) is 14.8. The van der Waals surface area contributed by atoms with Gasteiger partial charge in [0.15, 0.2) is 0 Å². The van der Waals surface area contributed by atoms with Gasteiger partial charge in [0.25, 0.3) is 0 Å². The van der Waals surface area contributed by atoms with Crippen molar-refractivity contribution in [1.29, 1.82) is 0 Å². The van der Waals surface area contributed by atoms with E-state index < -0.39 is 0 Å². The van der Waals surface area contributed by atoms with Crippen LogP contribution < -0.4 is 0 Å². The van der Waals surface area contributed by atoms with E-state index in [0.717, 1.165) is 12.8 Å². The van der Waals surface area contributed by atoms with E-state index >= 15 is 0 Å². The summed E-state index contributed by atoms with van der Waals surface area (Å²) < 4.78 is 0. The zero-order valence-electron chi connectivity index (χ0n) is 12.0. The molecule has 0 saturated heterocycles. The molecule has 0 amide bonds. The standard InChI is InChI=1S/2C9H7O.Fe/c2*1-2-5-9(10)8-6-3-4-7-8;/h2*2,5H2,1H3;. The molecule has 2 aliphatic carbocycles. The topological polar surface area (TPSA) is 34.1 Å². The van der Waals surface area contributed by atoms with Crippen LogP contribution in [0.15, 0.2) is 0 Å². The van der Waals surface area contributed by atoms with Crippen LogP contribution in [-0.4, -0.2) is 11.6 Å². The summed E-state index contributed by atoms with van der Waals surface area (Å²) in [5, 5.41) is 0. The smallest absolute Gasteiger partial charge is 0.141 e. The normalized spacial score (nSPS) is 18.8. The van der Waals surface area contributed by atoms with Crippen molar-refractivity contribution in [2.24, 2.45) is 0 Å². The van der Waals surface area contributed by atoms with Crippen LogP contribution in [-0.2, 0) is 26.7 Å². The van der Waals surface area contributed by atoms with E-state index in [1.54, 1.807) is 0 Å². The quantitative estimate of drug-likeness (QED) is 0.705. The van der Waals surface area contributed by atoms with Crippen LogP contribution in [0, 0.1) is 63.2 Å². The van der Waals surface area contributed by atoms with E-state index in [0.29, 0.717) is 24.7 Å². The number of hydrogen-bond acceptors (Lipinski definition) is 2. The third-order valence-corrected chi connectivity index (χ3v) is 2.39. The summed E-state index contributed by atoms with van der Waals surface area (Å²) in [4.78, 5) is 22.0. The van der Waals surface area contributed by atoms with Crippen LogP contribution in [0.1, 0.15) is 39.5 Å².